The van der Waals surface area contributed by atoms with Crippen LogP contribution in [0.3, 0.4) is 0 Å². The predicted octanol–water partition coefficient (Wildman–Crippen LogP) is 6.75. The summed E-state index contributed by atoms with van der Waals surface area (Å²) >= 11 is 6.19. The van der Waals surface area contributed by atoms with E-state index in [0.29, 0.717) is 51.5 Å². The van der Waals surface area contributed by atoms with Crippen molar-refractivity contribution in [2.75, 3.05) is 31.5 Å². The fraction of sp³-hybridized carbons (Fsp3) is 0.154. The van der Waals surface area contributed by atoms with E-state index in [1.807, 2.05) is 6.92 Å². The monoisotopic (exact) mass is 495 g/mol. The molecule has 2 amide bonds. The van der Waals surface area contributed by atoms with Crippen LogP contribution in [-0.2, 0) is 0 Å². The van der Waals surface area contributed by atoms with Crippen LogP contribution in [0.1, 0.15) is 6.92 Å². The van der Waals surface area contributed by atoms with Gasteiger partial charge in [-0.3, -0.25) is 0 Å². The van der Waals surface area contributed by atoms with Crippen molar-refractivity contribution in [3.05, 3.63) is 71.5 Å². The van der Waals surface area contributed by atoms with Crippen molar-refractivity contribution in [1.29, 1.82) is 0 Å². The fourth-order valence-electron chi connectivity index (χ4n) is 3.56. The summed E-state index contributed by atoms with van der Waals surface area (Å²) in [5.74, 6) is 1.11. The average molecular weight is 496 g/mol. The number of urea groups is 1. The lowest BCUT2D eigenvalue weighted by atomic mass is 10.1. The Morgan fingerprint density at radius 3 is 2.37 bits per heavy atom. The molecule has 0 saturated heterocycles. The number of nitrogens with one attached hydrogen (secondary N) is 2. The number of carbonyl (C=O) groups excluding carboxylic acids is 1. The third-order valence-corrected chi connectivity index (χ3v) is 5.49. The Kier molecular flexibility index (Phi) is 7.22. The quantitative estimate of drug-likeness (QED) is 0.296. The highest BCUT2D eigenvalue weighted by Gasteiger charge is 2.14. The zero-order valence-corrected chi connectivity index (χ0v) is 20.1. The van der Waals surface area contributed by atoms with Crippen LogP contribution in [0.5, 0.6) is 17.2 Å². The normalized spacial score (nSPS) is 10.7. The number of hydrogen-bond donors (Lipinski definition) is 2. The summed E-state index contributed by atoms with van der Waals surface area (Å²) in [6.07, 6.45) is 0. The fourth-order valence-corrected chi connectivity index (χ4v) is 3.80. The van der Waals surface area contributed by atoms with Gasteiger partial charge < -0.3 is 24.8 Å². The number of ether oxygens (including phenoxy) is 3. The van der Waals surface area contributed by atoms with Crippen molar-refractivity contribution in [3.8, 4) is 28.5 Å². The second-order valence-electron chi connectivity index (χ2n) is 7.44. The van der Waals surface area contributed by atoms with Crippen LogP contribution in [-0.4, -0.2) is 31.8 Å². The van der Waals surface area contributed by atoms with Gasteiger partial charge in [0.25, 0.3) is 0 Å². The van der Waals surface area contributed by atoms with Gasteiger partial charge in [-0.05, 0) is 55.5 Å². The minimum absolute atomic E-state index is 0.317. The molecule has 0 radical (unpaired) electrons. The lowest BCUT2D eigenvalue weighted by molar-refractivity contribution is 0.262. The molecule has 2 N–H and O–H groups in total. The Morgan fingerprint density at radius 2 is 1.69 bits per heavy atom. The van der Waals surface area contributed by atoms with Gasteiger partial charge >= 0.3 is 6.03 Å². The van der Waals surface area contributed by atoms with Crippen molar-refractivity contribution in [3.63, 3.8) is 0 Å². The highest BCUT2D eigenvalue weighted by atomic mass is 35.5. The van der Waals surface area contributed by atoms with E-state index in [4.69, 9.17) is 25.8 Å². The van der Waals surface area contributed by atoms with Gasteiger partial charge in [0.15, 0.2) is 0 Å². The molecule has 0 unspecified atom stereocenters. The first-order chi connectivity index (χ1) is 16.9. The van der Waals surface area contributed by atoms with Crippen molar-refractivity contribution in [2.45, 2.75) is 6.92 Å². The molecule has 0 aliphatic rings. The lowest BCUT2D eigenvalue weighted by Crippen LogP contribution is -2.19. The molecule has 7 nitrogen and oxygen atoms in total. The van der Waals surface area contributed by atoms with Crippen LogP contribution in [0.2, 0.25) is 5.02 Å². The van der Waals surface area contributed by atoms with Gasteiger partial charge in [-0.1, -0.05) is 11.6 Å². The molecule has 180 valence electrons. The molecule has 4 rings (SSSR count). The molecule has 35 heavy (non-hydrogen) atoms. The first-order valence-electron chi connectivity index (χ1n) is 10.7. The summed E-state index contributed by atoms with van der Waals surface area (Å²) < 4.78 is 29.7. The summed E-state index contributed by atoms with van der Waals surface area (Å²) in [7, 11) is 2.98. The number of aromatic nitrogens is 1. The maximum atomic E-state index is 13.3. The number of halogens is 2. The standard InChI is InChI=1S/C26H23ClFN3O4/c1-4-35-23-13-21(15-5-7-16(28)8-6-15)30-20-10-9-17(11-18(20)23)29-26(32)31-22-12-19(27)24(33-2)14-25(22)34-3/h5-14H,4H2,1-3H3,(H2,29,31,32). The Labute approximate surface area is 206 Å². The minimum atomic E-state index is -0.488. The molecule has 1 heterocycles. The predicted molar refractivity (Wildman–Crippen MR) is 136 cm³/mol. The van der Waals surface area contributed by atoms with E-state index >= 15 is 0 Å². The highest BCUT2D eigenvalue weighted by molar-refractivity contribution is 6.32. The third-order valence-electron chi connectivity index (χ3n) is 5.19. The minimum Gasteiger partial charge on any atom is -0.495 e. The third kappa shape index (κ3) is 5.38. The van der Waals surface area contributed by atoms with E-state index in [1.165, 1.54) is 26.4 Å². The van der Waals surface area contributed by atoms with Crippen molar-refractivity contribution >= 4 is 39.9 Å². The number of benzene rings is 3. The Hall–Kier alpha value is -4.04. The van der Waals surface area contributed by atoms with Gasteiger partial charge in [-0.15, -0.1) is 0 Å². The number of hydrogen-bond acceptors (Lipinski definition) is 5. The highest BCUT2D eigenvalue weighted by Crippen LogP contribution is 2.36. The van der Waals surface area contributed by atoms with Crippen LogP contribution in [0.15, 0.2) is 60.7 Å². The number of nitrogens with zero attached hydrogens (tertiary/aromatic N) is 1. The molecule has 0 aliphatic heterocycles. The summed E-state index contributed by atoms with van der Waals surface area (Å²) in [4.78, 5) is 17.4. The number of rotatable bonds is 7. The van der Waals surface area contributed by atoms with Crippen LogP contribution in [0.25, 0.3) is 22.2 Å². The first-order valence-corrected chi connectivity index (χ1v) is 11.1. The largest absolute Gasteiger partial charge is 0.495 e. The van der Waals surface area contributed by atoms with Gasteiger partial charge in [0, 0.05) is 28.8 Å². The Bertz CT molecular complexity index is 1380. The summed E-state index contributed by atoms with van der Waals surface area (Å²) in [6, 6.07) is 15.8. The molecule has 0 aliphatic carbocycles. The molecular formula is C26H23ClFN3O4. The first kappa shape index (κ1) is 24.1. The molecule has 0 bridgehead atoms. The number of amides is 2. The summed E-state index contributed by atoms with van der Waals surface area (Å²) in [5.41, 5.74) is 3.01. The number of methoxy groups -OCH3 is 2. The molecular weight excluding hydrogens is 473 g/mol. The SMILES string of the molecule is CCOc1cc(-c2ccc(F)cc2)nc2ccc(NC(=O)Nc3cc(Cl)c(OC)cc3OC)cc12. The molecule has 1 aromatic heterocycles. The lowest BCUT2D eigenvalue weighted by Gasteiger charge is -2.15. The van der Waals surface area contributed by atoms with E-state index in [9.17, 15) is 9.18 Å². The van der Waals surface area contributed by atoms with E-state index in [-0.39, 0.29) is 5.82 Å². The zero-order valence-electron chi connectivity index (χ0n) is 19.3. The van der Waals surface area contributed by atoms with Crippen molar-refractivity contribution in [2.24, 2.45) is 0 Å². The number of anilines is 2. The van der Waals surface area contributed by atoms with Crippen LogP contribution < -0.4 is 24.8 Å². The number of pyridine rings is 1. The molecule has 0 spiro atoms. The van der Waals surface area contributed by atoms with Gasteiger partial charge in [-0.2, -0.15) is 0 Å². The molecule has 0 saturated carbocycles. The number of carbonyl (C=O) groups is 1. The van der Waals surface area contributed by atoms with Gasteiger partial charge in [0.1, 0.15) is 23.1 Å². The molecule has 0 atom stereocenters. The topological polar surface area (TPSA) is 81.7 Å². The zero-order chi connectivity index (χ0) is 24.9. The molecule has 4 aromatic rings. The van der Waals surface area contributed by atoms with E-state index < -0.39 is 6.03 Å². The average Bonchev–Trinajstić information content (AvgIpc) is 2.85. The van der Waals surface area contributed by atoms with Gasteiger partial charge in [0.05, 0.1) is 42.7 Å². The molecule has 0 fully saturated rings. The Balaban J connectivity index is 1.61. The smallest absolute Gasteiger partial charge is 0.323 e. The van der Waals surface area contributed by atoms with E-state index in [0.717, 1.165) is 10.9 Å². The van der Waals surface area contributed by atoms with Gasteiger partial charge in [-0.25, -0.2) is 14.2 Å². The van der Waals surface area contributed by atoms with Crippen molar-refractivity contribution in [1.82, 2.24) is 4.98 Å². The molecule has 9 heteroatoms. The Morgan fingerprint density at radius 1 is 0.943 bits per heavy atom. The molecule has 3 aromatic carbocycles. The summed E-state index contributed by atoms with van der Waals surface area (Å²) in [5, 5.41) is 6.59. The summed E-state index contributed by atoms with van der Waals surface area (Å²) in [6.45, 7) is 2.32. The second kappa shape index (κ2) is 10.5. The van der Waals surface area contributed by atoms with Crippen LogP contribution >= 0.6 is 11.6 Å². The maximum Gasteiger partial charge on any atom is 0.323 e. The van der Waals surface area contributed by atoms with Gasteiger partial charge in [0.2, 0.25) is 0 Å². The second-order valence-corrected chi connectivity index (χ2v) is 7.85. The number of fused-ring (bicyclic) bond motifs is 1. The van der Waals surface area contributed by atoms with Crippen LogP contribution in [0.4, 0.5) is 20.6 Å². The van der Waals surface area contributed by atoms with Crippen molar-refractivity contribution < 1.29 is 23.4 Å². The van der Waals surface area contributed by atoms with Crippen LogP contribution in [0, 0.1) is 5.82 Å². The van der Waals surface area contributed by atoms with E-state index in [1.54, 1.807) is 48.5 Å². The maximum absolute atomic E-state index is 13.3. The van der Waals surface area contributed by atoms with E-state index in [2.05, 4.69) is 15.6 Å².